The fourth-order valence-electron chi connectivity index (χ4n) is 8.42. The molecule has 0 amide bonds. The van der Waals surface area contributed by atoms with Gasteiger partial charge in [0.2, 0.25) is 0 Å². The maximum Gasteiger partial charge on any atom is 0.145 e. The summed E-state index contributed by atoms with van der Waals surface area (Å²) >= 11 is 0. The standard InChI is InChI=1S/C53H38N6/c1-3-12-35(13-4-1)36-20-24-39(25-21-36)47-34-48(57-52(56-47)41-14-5-2-6-15-41)40-26-22-37(23-27-40)38-28-30-42(31-29-38)59-51-44-17-8-7-16-43(44)49-45(18-11-33-55-49)50(51)58-53(59)46-19-9-10-32-54-46/h1-34,46,52,54,57H. The molecule has 7 aromatic carbocycles. The number of hydrogen-bond acceptors (Lipinski definition) is 5. The second-order valence-corrected chi connectivity index (χ2v) is 14.9. The van der Waals surface area contributed by atoms with Crippen molar-refractivity contribution in [2.75, 3.05) is 0 Å². The lowest BCUT2D eigenvalue weighted by molar-refractivity contribution is 0.664. The van der Waals surface area contributed by atoms with Crippen LogP contribution in [0.4, 0.5) is 0 Å². The van der Waals surface area contributed by atoms with E-state index in [0.717, 1.165) is 83.4 Å². The molecule has 2 unspecified atom stereocenters. The van der Waals surface area contributed by atoms with Gasteiger partial charge in [-0.05, 0) is 81.6 Å². The molecule has 0 saturated heterocycles. The number of pyridine rings is 1. The third-order valence-electron chi connectivity index (χ3n) is 11.4. The lowest BCUT2D eigenvalue weighted by atomic mass is 9.98. The maximum absolute atomic E-state index is 5.35. The Kier molecular flexibility index (Phi) is 8.51. The van der Waals surface area contributed by atoms with E-state index in [4.69, 9.17) is 15.0 Å². The van der Waals surface area contributed by atoms with Crippen molar-refractivity contribution in [1.29, 1.82) is 0 Å². The van der Waals surface area contributed by atoms with Crippen molar-refractivity contribution in [2.24, 2.45) is 4.99 Å². The Labute approximate surface area is 342 Å². The summed E-state index contributed by atoms with van der Waals surface area (Å²) in [7, 11) is 0. The smallest absolute Gasteiger partial charge is 0.145 e. The number of fused-ring (bicyclic) bond motifs is 6. The molecule has 6 heteroatoms. The summed E-state index contributed by atoms with van der Waals surface area (Å²) in [4.78, 5) is 15.3. The number of nitrogens with zero attached hydrogens (tertiary/aromatic N) is 4. The number of imidazole rings is 1. The first-order valence-electron chi connectivity index (χ1n) is 20.0. The first-order valence-corrected chi connectivity index (χ1v) is 20.0. The molecule has 0 fully saturated rings. The minimum Gasteiger partial charge on any atom is -0.378 e. The van der Waals surface area contributed by atoms with Crippen LogP contribution in [0.1, 0.15) is 34.7 Å². The molecule has 0 aliphatic carbocycles. The molecule has 280 valence electrons. The van der Waals surface area contributed by atoms with E-state index in [2.05, 4.69) is 185 Å². The predicted octanol–water partition coefficient (Wildman–Crippen LogP) is 11.9. The minimum absolute atomic E-state index is 0.0893. The quantitative estimate of drug-likeness (QED) is 0.159. The van der Waals surface area contributed by atoms with Crippen molar-refractivity contribution in [3.63, 3.8) is 0 Å². The van der Waals surface area contributed by atoms with E-state index >= 15 is 0 Å². The molecular formula is C53H38N6. The van der Waals surface area contributed by atoms with Crippen molar-refractivity contribution < 1.29 is 0 Å². The molecule has 2 N–H and O–H groups in total. The fraction of sp³-hybridized carbons (Fsp3) is 0.0377. The highest BCUT2D eigenvalue weighted by Gasteiger charge is 2.24. The Bertz CT molecular complexity index is 3120. The van der Waals surface area contributed by atoms with E-state index in [1.807, 2.05) is 36.7 Å². The Morgan fingerprint density at radius 1 is 0.508 bits per heavy atom. The molecular weight excluding hydrogens is 721 g/mol. The largest absolute Gasteiger partial charge is 0.378 e. The van der Waals surface area contributed by atoms with Gasteiger partial charge in [-0.15, -0.1) is 0 Å². The van der Waals surface area contributed by atoms with E-state index in [1.165, 1.54) is 11.1 Å². The van der Waals surface area contributed by atoms with Crippen molar-refractivity contribution in [3.8, 4) is 27.9 Å². The number of rotatable bonds is 7. The molecule has 6 nitrogen and oxygen atoms in total. The zero-order valence-electron chi connectivity index (χ0n) is 32.1. The number of aromatic nitrogens is 3. The molecule has 0 bridgehead atoms. The Hall–Kier alpha value is -7.83. The van der Waals surface area contributed by atoms with Gasteiger partial charge in [-0.1, -0.05) is 158 Å². The van der Waals surface area contributed by atoms with Gasteiger partial charge in [-0.3, -0.25) is 14.5 Å². The average Bonchev–Trinajstić information content (AvgIpc) is 3.74. The highest BCUT2D eigenvalue weighted by Crippen LogP contribution is 2.38. The number of dihydropyridines is 1. The van der Waals surface area contributed by atoms with Gasteiger partial charge in [0.1, 0.15) is 18.0 Å². The third kappa shape index (κ3) is 6.28. The molecule has 11 rings (SSSR count). The third-order valence-corrected chi connectivity index (χ3v) is 11.4. The zero-order valence-corrected chi connectivity index (χ0v) is 32.1. The van der Waals surface area contributed by atoms with Crippen LogP contribution < -0.4 is 10.6 Å². The molecule has 0 spiro atoms. The van der Waals surface area contributed by atoms with E-state index in [-0.39, 0.29) is 12.2 Å². The summed E-state index contributed by atoms with van der Waals surface area (Å²) in [5.74, 6) is 0.927. The van der Waals surface area contributed by atoms with Crippen LogP contribution in [0, 0.1) is 0 Å². The second-order valence-electron chi connectivity index (χ2n) is 14.9. The van der Waals surface area contributed by atoms with Crippen molar-refractivity contribution in [1.82, 2.24) is 25.2 Å². The van der Waals surface area contributed by atoms with Gasteiger partial charge < -0.3 is 10.6 Å². The lowest BCUT2D eigenvalue weighted by Crippen LogP contribution is -2.24. The van der Waals surface area contributed by atoms with Gasteiger partial charge in [0.05, 0.1) is 22.3 Å². The fourth-order valence-corrected chi connectivity index (χ4v) is 8.42. The van der Waals surface area contributed by atoms with Crippen LogP contribution in [0.3, 0.4) is 0 Å². The average molecular weight is 759 g/mol. The molecule has 0 saturated carbocycles. The molecule has 2 atom stereocenters. The number of allylic oxidation sites excluding steroid dienone is 3. The Morgan fingerprint density at radius 3 is 1.83 bits per heavy atom. The van der Waals surface area contributed by atoms with Gasteiger partial charge in [-0.25, -0.2) is 4.98 Å². The van der Waals surface area contributed by atoms with Crippen LogP contribution in [0.15, 0.2) is 212 Å². The zero-order chi connectivity index (χ0) is 39.1. The minimum atomic E-state index is -0.210. The first-order chi connectivity index (χ1) is 29.2. The summed E-state index contributed by atoms with van der Waals surface area (Å²) in [5, 5.41) is 10.5. The molecule has 4 heterocycles. The van der Waals surface area contributed by atoms with Crippen LogP contribution in [-0.2, 0) is 0 Å². The molecule has 9 aromatic rings. The normalized spacial score (nSPS) is 16.1. The van der Waals surface area contributed by atoms with Gasteiger partial charge in [-0.2, -0.15) is 0 Å². The highest BCUT2D eigenvalue weighted by atomic mass is 15.1. The summed E-state index contributed by atoms with van der Waals surface area (Å²) in [6.07, 6.45) is 12.1. The topological polar surface area (TPSA) is 67.1 Å². The van der Waals surface area contributed by atoms with Crippen molar-refractivity contribution in [3.05, 3.63) is 229 Å². The monoisotopic (exact) mass is 758 g/mol. The van der Waals surface area contributed by atoms with Crippen LogP contribution in [0.5, 0.6) is 0 Å². The number of nitrogens with one attached hydrogen (secondary N) is 2. The highest BCUT2D eigenvalue weighted by molar-refractivity contribution is 6.22. The van der Waals surface area contributed by atoms with Gasteiger partial charge in [0.15, 0.2) is 0 Å². The number of benzene rings is 7. The van der Waals surface area contributed by atoms with Crippen LogP contribution >= 0.6 is 0 Å². The first kappa shape index (κ1) is 34.4. The Balaban J connectivity index is 0.941. The summed E-state index contributed by atoms with van der Waals surface area (Å²) < 4.78 is 2.32. The van der Waals surface area contributed by atoms with Gasteiger partial charge in [0.25, 0.3) is 0 Å². The van der Waals surface area contributed by atoms with Crippen LogP contribution in [-0.4, -0.2) is 20.2 Å². The van der Waals surface area contributed by atoms with E-state index < -0.39 is 0 Å². The van der Waals surface area contributed by atoms with Crippen molar-refractivity contribution >= 4 is 44.1 Å². The molecule has 0 radical (unpaired) electrons. The Morgan fingerprint density at radius 2 is 1.12 bits per heavy atom. The van der Waals surface area contributed by atoms with Crippen LogP contribution in [0.2, 0.25) is 0 Å². The van der Waals surface area contributed by atoms with E-state index in [1.54, 1.807) is 0 Å². The maximum atomic E-state index is 5.35. The summed E-state index contributed by atoms with van der Waals surface area (Å²) in [5.41, 5.74) is 14.0. The summed E-state index contributed by atoms with van der Waals surface area (Å²) in [6, 6.07) is 59.8. The van der Waals surface area contributed by atoms with E-state index in [0.29, 0.717) is 0 Å². The molecule has 2 aromatic heterocycles. The van der Waals surface area contributed by atoms with Crippen LogP contribution in [0.25, 0.3) is 66.3 Å². The number of aliphatic imine (C=N–C) groups is 1. The molecule has 2 aliphatic heterocycles. The lowest BCUT2D eigenvalue weighted by Gasteiger charge is -2.25. The predicted molar refractivity (Wildman–Crippen MR) is 242 cm³/mol. The second kappa shape index (κ2) is 14.6. The number of hydrogen-bond donors (Lipinski definition) is 2. The van der Waals surface area contributed by atoms with Crippen molar-refractivity contribution in [2.45, 2.75) is 12.2 Å². The van der Waals surface area contributed by atoms with Gasteiger partial charge >= 0.3 is 0 Å². The van der Waals surface area contributed by atoms with E-state index in [9.17, 15) is 0 Å². The SMILES string of the molecule is C1=CNC(c2nc3c4cccnc4c4ccccc4c3n2-c2ccc(-c3ccc(C4=CC(c5ccc(-c6ccccc6)cc5)=NC(c5ccccc5)N4)cc3)cc2)C=C1. The molecule has 2 aliphatic rings. The van der Waals surface area contributed by atoms with Gasteiger partial charge in [0, 0.05) is 33.7 Å². The molecule has 59 heavy (non-hydrogen) atoms. The summed E-state index contributed by atoms with van der Waals surface area (Å²) in [6.45, 7) is 0.